The number of nitrogens with zero attached hydrogens (tertiary/aromatic N) is 1. The minimum Gasteiger partial charge on any atom is -0.314 e. The quantitative estimate of drug-likeness (QED) is 0.403. The second-order valence-electron chi connectivity index (χ2n) is 5.44. The first-order valence-corrected chi connectivity index (χ1v) is 8.61. The zero-order chi connectivity index (χ0) is 14.3. The van der Waals surface area contributed by atoms with Crippen LogP contribution in [-0.2, 0) is 6.42 Å². The molecule has 1 nitrogen and oxygen atoms in total. The standard InChI is InChI=1S/C17H28IN/c1-5-8-9-16(7-3)13-19(18)17-11-10-15(6-2)12-14(17)4/h10-12,16H,5-9,13H2,1-4H3. The van der Waals surface area contributed by atoms with Gasteiger partial charge in [-0.25, -0.2) is 0 Å². The fourth-order valence-corrected chi connectivity index (χ4v) is 3.55. The van der Waals surface area contributed by atoms with E-state index >= 15 is 0 Å². The maximum atomic E-state index is 2.48. The molecule has 0 aliphatic carbocycles. The number of hydrogen-bond acceptors (Lipinski definition) is 1. The van der Waals surface area contributed by atoms with Crippen LogP contribution in [0, 0.1) is 12.8 Å². The number of rotatable bonds is 8. The monoisotopic (exact) mass is 373 g/mol. The molecule has 19 heavy (non-hydrogen) atoms. The lowest BCUT2D eigenvalue weighted by Gasteiger charge is -2.24. The highest BCUT2D eigenvalue weighted by atomic mass is 127. The Labute approximate surface area is 133 Å². The summed E-state index contributed by atoms with van der Waals surface area (Å²) in [6.45, 7) is 10.2. The van der Waals surface area contributed by atoms with Crippen molar-refractivity contribution in [3.8, 4) is 0 Å². The maximum absolute atomic E-state index is 2.48. The summed E-state index contributed by atoms with van der Waals surface area (Å²) >= 11 is 2.48. The van der Waals surface area contributed by atoms with Crippen molar-refractivity contribution in [2.24, 2.45) is 5.92 Å². The summed E-state index contributed by atoms with van der Waals surface area (Å²) in [6, 6.07) is 6.88. The normalized spacial score (nSPS) is 12.5. The largest absolute Gasteiger partial charge is 0.314 e. The van der Waals surface area contributed by atoms with Gasteiger partial charge in [0.05, 0.1) is 22.9 Å². The molecule has 1 atom stereocenters. The van der Waals surface area contributed by atoms with Crippen molar-refractivity contribution >= 4 is 28.6 Å². The Morgan fingerprint density at radius 3 is 2.47 bits per heavy atom. The van der Waals surface area contributed by atoms with Crippen molar-refractivity contribution in [2.45, 2.75) is 59.8 Å². The van der Waals surface area contributed by atoms with Gasteiger partial charge in [0.15, 0.2) is 0 Å². The first-order chi connectivity index (χ1) is 9.12. The van der Waals surface area contributed by atoms with Crippen LogP contribution in [0.4, 0.5) is 5.69 Å². The minimum absolute atomic E-state index is 0.821. The average molecular weight is 373 g/mol. The van der Waals surface area contributed by atoms with E-state index in [1.54, 1.807) is 0 Å². The molecule has 0 aromatic heterocycles. The van der Waals surface area contributed by atoms with Crippen LogP contribution in [0.15, 0.2) is 18.2 Å². The molecule has 0 N–H and O–H groups in total. The Bertz CT molecular complexity index is 376. The van der Waals surface area contributed by atoms with Crippen LogP contribution in [0.1, 0.15) is 57.6 Å². The van der Waals surface area contributed by atoms with Gasteiger partial charge in [0, 0.05) is 12.2 Å². The second-order valence-corrected chi connectivity index (χ2v) is 6.60. The molecule has 2 heteroatoms. The number of benzene rings is 1. The molecule has 1 unspecified atom stereocenters. The molecule has 0 heterocycles. The number of aryl methyl sites for hydroxylation is 2. The summed E-state index contributed by atoms with van der Waals surface area (Å²) in [5.74, 6) is 0.821. The van der Waals surface area contributed by atoms with E-state index in [0.717, 1.165) is 12.3 Å². The molecule has 0 spiro atoms. The van der Waals surface area contributed by atoms with E-state index in [4.69, 9.17) is 0 Å². The van der Waals surface area contributed by atoms with Crippen molar-refractivity contribution < 1.29 is 0 Å². The van der Waals surface area contributed by atoms with Gasteiger partial charge in [-0.3, -0.25) is 0 Å². The number of hydrogen-bond donors (Lipinski definition) is 0. The number of halogens is 1. The Morgan fingerprint density at radius 1 is 1.21 bits per heavy atom. The van der Waals surface area contributed by atoms with Crippen molar-refractivity contribution in [3.63, 3.8) is 0 Å². The van der Waals surface area contributed by atoms with Gasteiger partial charge in [-0.2, -0.15) is 0 Å². The molecular formula is C17H28IN. The van der Waals surface area contributed by atoms with Crippen molar-refractivity contribution in [3.05, 3.63) is 29.3 Å². The van der Waals surface area contributed by atoms with Gasteiger partial charge < -0.3 is 3.11 Å². The Hall–Kier alpha value is -0.250. The smallest absolute Gasteiger partial charge is 0.0591 e. The third kappa shape index (κ3) is 5.33. The summed E-state index contributed by atoms with van der Waals surface area (Å²) < 4.78 is 2.41. The zero-order valence-electron chi connectivity index (χ0n) is 12.9. The predicted molar refractivity (Wildman–Crippen MR) is 95.2 cm³/mol. The molecule has 0 fully saturated rings. The summed E-state index contributed by atoms with van der Waals surface area (Å²) in [7, 11) is 0. The molecule has 0 saturated carbocycles. The Balaban J connectivity index is 2.68. The molecule has 0 saturated heterocycles. The van der Waals surface area contributed by atoms with Crippen LogP contribution in [0.2, 0.25) is 0 Å². The highest BCUT2D eigenvalue weighted by molar-refractivity contribution is 14.1. The zero-order valence-corrected chi connectivity index (χ0v) is 15.0. The number of unbranched alkanes of at least 4 members (excludes halogenated alkanes) is 1. The molecule has 0 aliphatic rings. The lowest BCUT2D eigenvalue weighted by atomic mass is 9.99. The Morgan fingerprint density at radius 2 is 1.95 bits per heavy atom. The van der Waals surface area contributed by atoms with Crippen LogP contribution in [0.3, 0.4) is 0 Å². The van der Waals surface area contributed by atoms with Gasteiger partial charge in [-0.15, -0.1) is 0 Å². The third-order valence-electron chi connectivity index (χ3n) is 3.89. The molecular weight excluding hydrogens is 345 g/mol. The van der Waals surface area contributed by atoms with E-state index in [1.165, 1.54) is 49.0 Å². The van der Waals surface area contributed by atoms with Crippen LogP contribution >= 0.6 is 22.9 Å². The summed E-state index contributed by atoms with van der Waals surface area (Å²) in [5, 5.41) is 0. The van der Waals surface area contributed by atoms with Gasteiger partial charge >= 0.3 is 0 Å². The SMILES string of the molecule is CCCCC(CC)CN(I)c1ccc(CC)cc1C. The van der Waals surface area contributed by atoms with Crippen LogP contribution in [0.25, 0.3) is 0 Å². The molecule has 0 amide bonds. The van der Waals surface area contributed by atoms with Crippen LogP contribution in [-0.4, -0.2) is 6.54 Å². The van der Waals surface area contributed by atoms with E-state index in [9.17, 15) is 0 Å². The molecule has 0 bridgehead atoms. The predicted octanol–water partition coefficient (Wildman–Crippen LogP) is 5.93. The summed E-state index contributed by atoms with van der Waals surface area (Å²) in [4.78, 5) is 0. The van der Waals surface area contributed by atoms with Crippen LogP contribution in [0.5, 0.6) is 0 Å². The highest BCUT2D eigenvalue weighted by Crippen LogP contribution is 2.27. The average Bonchev–Trinajstić information content (AvgIpc) is 2.42. The minimum atomic E-state index is 0.821. The fourth-order valence-electron chi connectivity index (χ4n) is 2.45. The second kappa shape index (κ2) is 8.83. The van der Waals surface area contributed by atoms with Crippen molar-refractivity contribution in [2.75, 3.05) is 9.66 Å². The maximum Gasteiger partial charge on any atom is 0.0591 e. The highest BCUT2D eigenvalue weighted by Gasteiger charge is 2.13. The molecule has 0 aliphatic heterocycles. The van der Waals surface area contributed by atoms with Gasteiger partial charge in [0.2, 0.25) is 0 Å². The van der Waals surface area contributed by atoms with Gasteiger partial charge in [0.25, 0.3) is 0 Å². The third-order valence-corrected chi connectivity index (χ3v) is 4.81. The van der Waals surface area contributed by atoms with Gasteiger partial charge in [-0.1, -0.05) is 52.2 Å². The lowest BCUT2D eigenvalue weighted by molar-refractivity contribution is 0.466. The molecule has 1 aromatic rings. The van der Waals surface area contributed by atoms with Gasteiger partial charge in [0.1, 0.15) is 0 Å². The fraction of sp³-hybridized carbons (Fsp3) is 0.647. The van der Waals surface area contributed by atoms with Crippen molar-refractivity contribution in [1.82, 2.24) is 0 Å². The van der Waals surface area contributed by atoms with E-state index < -0.39 is 0 Å². The molecule has 0 radical (unpaired) electrons. The lowest BCUT2D eigenvalue weighted by Crippen LogP contribution is -2.20. The summed E-state index contributed by atoms with van der Waals surface area (Å²) in [6.07, 6.45) is 6.43. The van der Waals surface area contributed by atoms with Crippen molar-refractivity contribution in [1.29, 1.82) is 0 Å². The number of anilines is 1. The van der Waals surface area contributed by atoms with E-state index in [0.29, 0.717) is 0 Å². The summed E-state index contributed by atoms with van der Waals surface area (Å²) in [5.41, 5.74) is 4.22. The molecule has 1 aromatic carbocycles. The van der Waals surface area contributed by atoms with E-state index in [1.807, 2.05) is 0 Å². The topological polar surface area (TPSA) is 3.24 Å². The Kier molecular flexibility index (Phi) is 7.81. The first kappa shape index (κ1) is 16.8. The molecule has 1 rings (SSSR count). The van der Waals surface area contributed by atoms with Gasteiger partial charge in [-0.05, 0) is 42.9 Å². The first-order valence-electron chi connectivity index (χ1n) is 7.65. The van der Waals surface area contributed by atoms with E-state index in [-0.39, 0.29) is 0 Å². The van der Waals surface area contributed by atoms with Crippen LogP contribution < -0.4 is 3.11 Å². The van der Waals surface area contributed by atoms with E-state index in [2.05, 4.69) is 71.9 Å². The molecule has 108 valence electrons.